The van der Waals surface area contributed by atoms with Crippen molar-refractivity contribution in [3.05, 3.63) is 58.7 Å². The first-order chi connectivity index (χ1) is 15.6. The maximum atomic E-state index is 11.0. The molecule has 1 heterocycles. The topological polar surface area (TPSA) is 55.8 Å². The van der Waals surface area contributed by atoms with E-state index in [1.165, 1.54) is 48.8 Å². The van der Waals surface area contributed by atoms with Crippen LogP contribution in [-0.2, 0) is 16.2 Å². The number of ether oxygens (including phenoxy) is 2. The predicted octanol–water partition coefficient (Wildman–Crippen LogP) is 7.74. The summed E-state index contributed by atoms with van der Waals surface area (Å²) in [4.78, 5) is 11.0. The van der Waals surface area contributed by atoms with Crippen LogP contribution in [-0.4, -0.2) is 17.9 Å². The molecule has 4 rings (SSSR count). The molecule has 2 aliphatic rings. The van der Waals surface area contributed by atoms with E-state index in [9.17, 15) is 4.79 Å². The Morgan fingerprint density at radius 1 is 0.939 bits per heavy atom. The molecule has 4 heteroatoms. The summed E-state index contributed by atoms with van der Waals surface area (Å²) in [7, 11) is 0. The summed E-state index contributed by atoms with van der Waals surface area (Å²) >= 11 is 0. The molecule has 2 aromatic rings. The van der Waals surface area contributed by atoms with Gasteiger partial charge in [0.05, 0.1) is 5.41 Å². The summed E-state index contributed by atoms with van der Waals surface area (Å²) in [6.45, 7) is 12.3. The number of hydrogen-bond donors (Lipinski definition) is 1. The van der Waals surface area contributed by atoms with Gasteiger partial charge in [-0.2, -0.15) is 0 Å². The van der Waals surface area contributed by atoms with Crippen molar-refractivity contribution in [1.29, 1.82) is 0 Å². The Balaban J connectivity index is 1.80. The fourth-order valence-corrected chi connectivity index (χ4v) is 5.79. The van der Waals surface area contributed by atoms with Crippen LogP contribution in [0.1, 0.15) is 102 Å². The summed E-state index contributed by atoms with van der Waals surface area (Å²) in [5.41, 5.74) is 5.49. The number of carboxylic acid groups (broad SMARTS) is 1. The number of benzene rings is 2. The first-order valence-corrected chi connectivity index (χ1v) is 12.4. The normalized spacial score (nSPS) is 22.2. The van der Waals surface area contributed by atoms with Crippen molar-refractivity contribution < 1.29 is 19.4 Å². The first kappa shape index (κ1) is 23.7. The Hall–Kier alpha value is -2.49. The van der Waals surface area contributed by atoms with Crippen LogP contribution >= 0.6 is 0 Å². The van der Waals surface area contributed by atoms with E-state index in [1.807, 2.05) is 6.07 Å². The summed E-state index contributed by atoms with van der Waals surface area (Å²) in [5, 5.41) is 9.00. The van der Waals surface area contributed by atoms with E-state index in [1.54, 1.807) is 12.1 Å². The Morgan fingerprint density at radius 3 is 2.33 bits per heavy atom. The Labute approximate surface area is 198 Å². The van der Waals surface area contributed by atoms with Crippen molar-refractivity contribution in [2.24, 2.45) is 0 Å². The second-order valence-corrected chi connectivity index (χ2v) is 11.2. The van der Waals surface area contributed by atoms with Gasteiger partial charge in [0.2, 0.25) is 0 Å². The van der Waals surface area contributed by atoms with E-state index in [0.29, 0.717) is 12.4 Å². The standard InChI is InChI=1S/C29H38O4/c1-6-7-8-9-14-29(19-32-25-18-21(33-26(30)31)11-13-23(25)29)20-10-12-22-24(17-20)28(4,5)16-15-27(22,2)3/h10-13,17-18H,6-9,14-16,19H2,1-5H3,(H,30,31). The molecular weight excluding hydrogens is 412 g/mol. The van der Waals surface area contributed by atoms with Gasteiger partial charge in [0.25, 0.3) is 0 Å². The lowest BCUT2D eigenvalue weighted by molar-refractivity contribution is 0.144. The highest BCUT2D eigenvalue weighted by Gasteiger charge is 2.44. The number of fused-ring (bicyclic) bond motifs is 2. The molecular formula is C29H38O4. The van der Waals surface area contributed by atoms with Crippen LogP contribution in [0.5, 0.6) is 11.5 Å². The van der Waals surface area contributed by atoms with Crippen LogP contribution in [0.25, 0.3) is 0 Å². The summed E-state index contributed by atoms with van der Waals surface area (Å²) in [6, 6.07) is 12.6. The molecule has 1 aliphatic carbocycles. The molecule has 0 amide bonds. The zero-order chi connectivity index (χ0) is 23.9. The minimum absolute atomic E-state index is 0.145. The van der Waals surface area contributed by atoms with Crippen LogP contribution in [0, 0.1) is 0 Å². The molecule has 4 nitrogen and oxygen atoms in total. The van der Waals surface area contributed by atoms with Gasteiger partial charge in [-0.1, -0.05) is 84.6 Å². The Morgan fingerprint density at radius 2 is 1.64 bits per heavy atom. The van der Waals surface area contributed by atoms with Crippen LogP contribution in [0.15, 0.2) is 36.4 Å². The predicted molar refractivity (Wildman–Crippen MR) is 132 cm³/mol. The third-order valence-electron chi connectivity index (χ3n) is 8.01. The van der Waals surface area contributed by atoms with Gasteiger partial charge < -0.3 is 14.6 Å². The average Bonchev–Trinajstić information content (AvgIpc) is 3.13. The lowest BCUT2D eigenvalue weighted by Crippen LogP contribution is -2.36. The number of unbranched alkanes of at least 4 members (excludes halogenated alkanes) is 3. The number of rotatable bonds is 7. The molecule has 178 valence electrons. The monoisotopic (exact) mass is 450 g/mol. The summed E-state index contributed by atoms with van der Waals surface area (Å²) in [6.07, 6.45) is 6.88. The molecule has 0 radical (unpaired) electrons. The lowest BCUT2D eigenvalue weighted by Gasteiger charge is -2.43. The molecule has 0 saturated heterocycles. The zero-order valence-corrected chi connectivity index (χ0v) is 20.8. The van der Waals surface area contributed by atoms with Crippen molar-refractivity contribution in [1.82, 2.24) is 0 Å². The molecule has 0 aromatic heterocycles. The SMILES string of the molecule is CCCCCCC1(c2ccc3c(c2)C(C)(C)CCC3(C)C)COc2cc(OC(=O)O)ccc21. The maximum absolute atomic E-state index is 11.0. The smallest absolute Gasteiger partial charge is 0.492 e. The molecule has 2 aromatic carbocycles. The fraction of sp³-hybridized carbons (Fsp3) is 0.552. The van der Waals surface area contributed by atoms with Gasteiger partial charge in [-0.05, 0) is 52.8 Å². The van der Waals surface area contributed by atoms with Crippen molar-refractivity contribution in [3.63, 3.8) is 0 Å². The van der Waals surface area contributed by atoms with Crippen LogP contribution in [0.4, 0.5) is 4.79 Å². The van der Waals surface area contributed by atoms with Gasteiger partial charge in [-0.15, -0.1) is 0 Å². The van der Waals surface area contributed by atoms with Gasteiger partial charge in [-0.25, -0.2) is 4.79 Å². The highest BCUT2D eigenvalue weighted by Crippen LogP contribution is 2.51. The minimum Gasteiger partial charge on any atom is -0.492 e. The molecule has 1 atom stereocenters. The zero-order valence-electron chi connectivity index (χ0n) is 20.8. The Kier molecular flexibility index (Phi) is 6.24. The summed E-state index contributed by atoms with van der Waals surface area (Å²) < 4.78 is 11.1. The second kappa shape index (κ2) is 8.70. The van der Waals surface area contributed by atoms with E-state index in [4.69, 9.17) is 14.6 Å². The molecule has 1 unspecified atom stereocenters. The molecule has 0 saturated carbocycles. The van der Waals surface area contributed by atoms with Crippen molar-refractivity contribution in [2.75, 3.05) is 6.61 Å². The van der Waals surface area contributed by atoms with Crippen molar-refractivity contribution in [2.45, 2.75) is 95.8 Å². The second-order valence-electron chi connectivity index (χ2n) is 11.2. The lowest BCUT2D eigenvalue weighted by atomic mass is 9.61. The first-order valence-electron chi connectivity index (χ1n) is 12.4. The fourth-order valence-electron chi connectivity index (χ4n) is 5.79. The van der Waals surface area contributed by atoms with E-state index < -0.39 is 6.16 Å². The molecule has 0 spiro atoms. The molecule has 1 aliphatic heterocycles. The molecule has 0 fully saturated rings. The third-order valence-corrected chi connectivity index (χ3v) is 8.01. The van der Waals surface area contributed by atoms with Gasteiger partial charge in [-0.3, -0.25) is 0 Å². The minimum atomic E-state index is -1.31. The van der Waals surface area contributed by atoms with Crippen LogP contribution in [0.2, 0.25) is 0 Å². The molecule has 33 heavy (non-hydrogen) atoms. The molecule has 1 N–H and O–H groups in total. The maximum Gasteiger partial charge on any atom is 0.511 e. The van der Waals surface area contributed by atoms with Gasteiger partial charge in [0.1, 0.15) is 18.1 Å². The van der Waals surface area contributed by atoms with Crippen molar-refractivity contribution >= 4 is 6.16 Å². The van der Waals surface area contributed by atoms with E-state index >= 15 is 0 Å². The highest BCUT2D eigenvalue weighted by molar-refractivity contribution is 5.63. The quantitative estimate of drug-likeness (QED) is 0.266. The number of carbonyl (C=O) groups is 1. The van der Waals surface area contributed by atoms with Gasteiger partial charge in [0, 0.05) is 11.6 Å². The number of hydrogen-bond acceptors (Lipinski definition) is 3. The largest absolute Gasteiger partial charge is 0.511 e. The van der Waals surface area contributed by atoms with E-state index in [0.717, 1.165) is 24.2 Å². The van der Waals surface area contributed by atoms with Crippen LogP contribution in [0.3, 0.4) is 0 Å². The van der Waals surface area contributed by atoms with E-state index in [-0.39, 0.29) is 16.2 Å². The summed E-state index contributed by atoms with van der Waals surface area (Å²) in [5.74, 6) is 1.04. The van der Waals surface area contributed by atoms with Crippen molar-refractivity contribution in [3.8, 4) is 11.5 Å². The van der Waals surface area contributed by atoms with Gasteiger partial charge in [0.15, 0.2) is 0 Å². The van der Waals surface area contributed by atoms with E-state index in [2.05, 4.69) is 52.8 Å². The van der Waals surface area contributed by atoms with Crippen LogP contribution < -0.4 is 9.47 Å². The third kappa shape index (κ3) is 4.37. The molecule has 0 bridgehead atoms. The highest BCUT2D eigenvalue weighted by atomic mass is 16.7. The van der Waals surface area contributed by atoms with Gasteiger partial charge >= 0.3 is 6.16 Å². The Bertz CT molecular complexity index is 1040. The average molecular weight is 451 g/mol.